The summed E-state index contributed by atoms with van der Waals surface area (Å²) in [4.78, 5) is 11.7. The van der Waals surface area contributed by atoms with E-state index in [4.69, 9.17) is 4.74 Å². The Bertz CT molecular complexity index is 448. The summed E-state index contributed by atoms with van der Waals surface area (Å²) in [6.45, 7) is 9.39. The highest BCUT2D eigenvalue weighted by molar-refractivity contribution is 7.85. The highest BCUT2D eigenvalue weighted by Gasteiger charge is 2.18. The zero-order chi connectivity index (χ0) is 16.7. The van der Waals surface area contributed by atoms with Gasteiger partial charge in [-0.3, -0.25) is 4.18 Å². The largest absolute Gasteiger partial charge is 0.444 e. The second-order valence-corrected chi connectivity index (χ2v) is 7.94. The zero-order valence-corrected chi connectivity index (χ0v) is 14.5. The Labute approximate surface area is 128 Å². The van der Waals surface area contributed by atoms with E-state index in [1.54, 1.807) is 32.9 Å². The zero-order valence-electron chi connectivity index (χ0n) is 13.7. The first-order valence-electron chi connectivity index (χ1n) is 6.89. The molecule has 0 heterocycles. The summed E-state index contributed by atoms with van der Waals surface area (Å²) in [6.07, 6.45) is 4.50. The van der Waals surface area contributed by atoms with Crippen molar-refractivity contribution in [3.05, 3.63) is 12.2 Å². The summed E-state index contributed by atoms with van der Waals surface area (Å²) in [6, 6.07) is -0.233. The van der Waals surface area contributed by atoms with Gasteiger partial charge in [-0.2, -0.15) is 8.42 Å². The van der Waals surface area contributed by atoms with Crippen molar-refractivity contribution >= 4 is 16.2 Å². The summed E-state index contributed by atoms with van der Waals surface area (Å²) in [5.74, 6) is 0.366. The smallest absolute Gasteiger partial charge is 0.408 e. The van der Waals surface area contributed by atoms with Crippen LogP contribution in [0.2, 0.25) is 0 Å². The van der Waals surface area contributed by atoms with Crippen LogP contribution in [0.1, 0.15) is 41.0 Å². The molecule has 0 aromatic carbocycles. The van der Waals surface area contributed by atoms with Gasteiger partial charge < -0.3 is 10.1 Å². The highest BCUT2D eigenvalue weighted by atomic mass is 32.2. The van der Waals surface area contributed by atoms with Gasteiger partial charge in [0.2, 0.25) is 0 Å². The Balaban J connectivity index is 4.51. The van der Waals surface area contributed by atoms with Gasteiger partial charge in [0, 0.05) is 0 Å². The van der Waals surface area contributed by atoms with E-state index in [1.165, 1.54) is 0 Å². The van der Waals surface area contributed by atoms with Crippen molar-refractivity contribution in [3.8, 4) is 0 Å². The molecule has 0 aliphatic heterocycles. The molecule has 0 fully saturated rings. The lowest BCUT2D eigenvalue weighted by atomic mass is 10.0. The average Bonchev–Trinajstić information content (AvgIpc) is 2.18. The van der Waals surface area contributed by atoms with Gasteiger partial charge in [-0.15, -0.1) is 0 Å². The van der Waals surface area contributed by atoms with E-state index < -0.39 is 21.8 Å². The van der Waals surface area contributed by atoms with Gasteiger partial charge in [-0.25, -0.2) is 4.79 Å². The molecule has 124 valence electrons. The number of carbonyl (C=O) groups is 1. The molecule has 0 aliphatic carbocycles. The summed E-state index contributed by atoms with van der Waals surface area (Å²) < 4.78 is 31.5. The molecule has 0 saturated carbocycles. The van der Waals surface area contributed by atoms with Crippen molar-refractivity contribution in [3.63, 3.8) is 0 Å². The standard InChI is InChI=1S/C14H27NO5S/c1-11(2)10-12(8-7-9-19-21(6,17)18)15-13(16)20-14(3,4)5/h7-8,11-12H,9-10H2,1-6H3,(H,15,16)/b8-7+/t12-/m1/s1. The lowest BCUT2D eigenvalue weighted by molar-refractivity contribution is 0.0510. The molecule has 0 aromatic rings. The molecule has 1 amide bonds. The first-order chi connectivity index (χ1) is 9.39. The van der Waals surface area contributed by atoms with Crippen LogP contribution in [-0.2, 0) is 19.0 Å². The minimum absolute atomic E-state index is 0.0522. The van der Waals surface area contributed by atoms with Gasteiger partial charge in [0.1, 0.15) is 5.60 Å². The van der Waals surface area contributed by atoms with Crippen LogP contribution in [0.15, 0.2) is 12.2 Å². The minimum atomic E-state index is -3.46. The number of hydrogen-bond acceptors (Lipinski definition) is 5. The number of nitrogens with one attached hydrogen (secondary N) is 1. The van der Waals surface area contributed by atoms with Crippen LogP contribution in [0.25, 0.3) is 0 Å². The van der Waals surface area contributed by atoms with Gasteiger partial charge >= 0.3 is 6.09 Å². The van der Waals surface area contributed by atoms with E-state index in [0.29, 0.717) is 12.3 Å². The third-order valence-corrected chi connectivity index (χ3v) is 2.74. The van der Waals surface area contributed by atoms with Crippen molar-refractivity contribution in [1.82, 2.24) is 5.32 Å². The molecule has 0 unspecified atom stereocenters. The molecule has 1 atom stereocenters. The van der Waals surface area contributed by atoms with Crippen molar-refractivity contribution in [2.24, 2.45) is 5.92 Å². The maximum absolute atomic E-state index is 11.7. The molecule has 7 heteroatoms. The van der Waals surface area contributed by atoms with E-state index in [-0.39, 0.29) is 12.6 Å². The first-order valence-corrected chi connectivity index (χ1v) is 8.71. The number of alkyl carbamates (subject to hydrolysis) is 1. The summed E-state index contributed by atoms with van der Waals surface area (Å²) in [5, 5.41) is 2.75. The summed E-state index contributed by atoms with van der Waals surface area (Å²) in [7, 11) is -3.46. The molecule has 21 heavy (non-hydrogen) atoms. The topological polar surface area (TPSA) is 81.7 Å². The van der Waals surface area contributed by atoms with E-state index in [1.807, 2.05) is 13.8 Å². The van der Waals surface area contributed by atoms with Crippen molar-refractivity contribution in [2.75, 3.05) is 12.9 Å². The molecule has 0 radical (unpaired) electrons. The van der Waals surface area contributed by atoms with Crippen LogP contribution >= 0.6 is 0 Å². The lowest BCUT2D eigenvalue weighted by Crippen LogP contribution is -2.38. The lowest BCUT2D eigenvalue weighted by Gasteiger charge is -2.23. The molecule has 0 aromatic heterocycles. The fourth-order valence-corrected chi connectivity index (χ4v) is 1.86. The Morgan fingerprint density at radius 3 is 2.29 bits per heavy atom. The molecule has 0 rings (SSSR count). The van der Waals surface area contributed by atoms with Crippen molar-refractivity contribution < 1.29 is 22.1 Å². The number of amides is 1. The molecular weight excluding hydrogens is 294 g/mol. The molecule has 6 nitrogen and oxygen atoms in total. The predicted octanol–water partition coefficient (Wildman–Crippen LogP) is 2.46. The van der Waals surface area contributed by atoms with Crippen molar-refractivity contribution in [1.29, 1.82) is 0 Å². The number of hydrogen-bond donors (Lipinski definition) is 1. The molecule has 0 saturated heterocycles. The minimum Gasteiger partial charge on any atom is -0.444 e. The van der Waals surface area contributed by atoms with Crippen LogP contribution in [0.5, 0.6) is 0 Å². The second kappa shape index (κ2) is 8.38. The van der Waals surface area contributed by atoms with Crippen LogP contribution in [0.3, 0.4) is 0 Å². The van der Waals surface area contributed by atoms with E-state index in [2.05, 4.69) is 9.50 Å². The Morgan fingerprint density at radius 1 is 1.29 bits per heavy atom. The van der Waals surface area contributed by atoms with Crippen LogP contribution in [0, 0.1) is 5.92 Å². The van der Waals surface area contributed by atoms with Gasteiger partial charge in [0.05, 0.1) is 18.9 Å². The molecule has 0 spiro atoms. The number of rotatable bonds is 7. The van der Waals surface area contributed by atoms with Crippen molar-refractivity contribution in [2.45, 2.75) is 52.7 Å². The Morgan fingerprint density at radius 2 is 1.86 bits per heavy atom. The average molecular weight is 321 g/mol. The van der Waals surface area contributed by atoms with Gasteiger partial charge in [-0.1, -0.05) is 26.0 Å². The van der Waals surface area contributed by atoms with Crippen LogP contribution in [-0.4, -0.2) is 39.0 Å². The third-order valence-electron chi connectivity index (χ3n) is 2.17. The number of ether oxygens (including phenoxy) is 1. The maximum atomic E-state index is 11.7. The maximum Gasteiger partial charge on any atom is 0.408 e. The van der Waals surface area contributed by atoms with Gasteiger partial charge in [0.25, 0.3) is 10.1 Å². The molecule has 1 N–H and O–H groups in total. The van der Waals surface area contributed by atoms with E-state index >= 15 is 0 Å². The Kier molecular flexibility index (Phi) is 7.95. The van der Waals surface area contributed by atoms with Gasteiger partial charge in [0.15, 0.2) is 0 Å². The molecule has 0 aliphatic rings. The monoisotopic (exact) mass is 321 g/mol. The predicted molar refractivity (Wildman–Crippen MR) is 82.5 cm³/mol. The highest BCUT2D eigenvalue weighted by Crippen LogP contribution is 2.10. The SMILES string of the molecule is CC(C)C[C@@H](/C=C/COS(C)(=O)=O)NC(=O)OC(C)(C)C. The van der Waals surface area contributed by atoms with E-state index in [9.17, 15) is 13.2 Å². The second-order valence-electron chi connectivity index (χ2n) is 6.30. The fraction of sp³-hybridized carbons (Fsp3) is 0.786. The Hall–Kier alpha value is -1.08. The molecule has 0 bridgehead atoms. The normalized spacial score (nSPS) is 14.4. The number of carbonyl (C=O) groups excluding carboxylic acids is 1. The van der Waals surface area contributed by atoms with Gasteiger partial charge in [-0.05, 0) is 33.1 Å². The van der Waals surface area contributed by atoms with Crippen LogP contribution < -0.4 is 5.32 Å². The quantitative estimate of drug-likeness (QED) is 0.575. The van der Waals surface area contributed by atoms with E-state index in [0.717, 1.165) is 6.26 Å². The fourth-order valence-electron chi connectivity index (χ4n) is 1.54. The first kappa shape index (κ1) is 19.9. The third kappa shape index (κ3) is 13.7. The van der Waals surface area contributed by atoms with Crippen LogP contribution in [0.4, 0.5) is 4.79 Å². The molecular formula is C14H27NO5S. The summed E-state index contributed by atoms with van der Waals surface area (Å²) in [5.41, 5.74) is -0.560. The summed E-state index contributed by atoms with van der Waals surface area (Å²) >= 11 is 0.